The third-order valence-electron chi connectivity index (χ3n) is 2.99. The van der Waals surface area contributed by atoms with Crippen molar-refractivity contribution in [1.82, 2.24) is 5.32 Å². The van der Waals surface area contributed by atoms with Crippen molar-refractivity contribution in [2.24, 2.45) is 0 Å². The summed E-state index contributed by atoms with van der Waals surface area (Å²) in [4.78, 5) is 1.21. The molecule has 0 radical (unpaired) electrons. The highest BCUT2D eigenvalue weighted by Crippen LogP contribution is 2.23. The standard InChI is InChI=1S/C16H23ClN2S/c1-13(2)19-16(3,12-18)9-4-5-10-20-15-8-6-7-14(17)11-15/h6-8,11,13,19H,4-5,9-10H2,1-3H3. The maximum Gasteiger partial charge on any atom is 0.104 e. The van der Waals surface area contributed by atoms with Crippen molar-refractivity contribution in [1.29, 1.82) is 5.26 Å². The van der Waals surface area contributed by atoms with Crippen LogP contribution in [0.1, 0.15) is 40.0 Å². The molecule has 0 aliphatic heterocycles. The van der Waals surface area contributed by atoms with E-state index in [2.05, 4.69) is 31.3 Å². The molecule has 0 aromatic heterocycles. The monoisotopic (exact) mass is 310 g/mol. The molecule has 0 bridgehead atoms. The van der Waals surface area contributed by atoms with Gasteiger partial charge in [0.2, 0.25) is 0 Å². The van der Waals surface area contributed by atoms with E-state index in [9.17, 15) is 5.26 Å². The zero-order valence-electron chi connectivity index (χ0n) is 12.4. The molecule has 0 aliphatic carbocycles. The second-order valence-electron chi connectivity index (χ2n) is 5.51. The van der Waals surface area contributed by atoms with Gasteiger partial charge in [-0.3, -0.25) is 5.32 Å². The molecule has 20 heavy (non-hydrogen) atoms. The number of benzene rings is 1. The van der Waals surface area contributed by atoms with Crippen LogP contribution in [-0.2, 0) is 0 Å². The van der Waals surface area contributed by atoms with Gasteiger partial charge < -0.3 is 0 Å². The zero-order valence-corrected chi connectivity index (χ0v) is 14.0. The average molecular weight is 311 g/mol. The highest BCUT2D eigenvalue weighted by molar-refractivity contribution is 7.99. The molecular weight excluding hydrogens is 288 g/mol. The fourth-order valence-electron chi connectivity index (χ4n) is 2.12. The lowest BCUT2D eigenvalue weighted by Crippen LogP contribution is -2.44. The Bertz CT molecular complexity index is 456. The fourth-order valence-corrected chi connectivity index (χ4v) is 3.35. The first-order chi connectivity index (χ1) is 9.45. The van der Waals surface area contributed by atoms with E-state index < -0.39 is 5.54 Å². The lowest BCUT2D eigenvalue weighted by molar-refractivity contribution is 0.372. The van der Waals surface area contributed by atoms with Crippen LogP contribution in [0.5, 0.6) is 0 Å². The number of hydrogen-bond donors (Lipinski definition) is 1. The number of nitrogens with zero attached hydrogens (tertiary/aromatic N) is 1. The molecule has 1 N–H and O–H groups in total. The van der Waals surface area contributed by atoms with Crippen molar-refractivity contribution < 1.29 is 0 Å². The van der Waals surface area contributed by atoms with Gasteiger partial charge in [-0.25, -0.2) is 0 Å². The minimum absolute atomic E-state index is 0.334. The van der Waals surface area contributed by atoms with E-state index in [4.69, 9.17) is 11.6 Å². The van der Waals surface area contributed by atoms with Crippen LogP contribution in [0.25, 0.3) is 0 Å². The third kappa shape index (κ3) is 6.65. The number of thioether (sulfide) groups is 1. The Morgan fingerprint density at radius 2 is 2.15 bits per heavy atom. The van der Waals surface area contributed by atoms with Gasteiger partial charge in [0.05, 0.1) is 6.07 Å². The second kappa shape index (κ2) is 8.56. The van der Waals surface area contributed by atoms with Gasteiger partial charge in [0.1, 0.15) is 5.54 Å². The first-order valence-corrected chi connectivity index (χ1v) is 8.39. The number of unbranched alkanes of at least 4 members (excludes halogenated alkanes) is 1. The largest absolute Gasteiger partial charge is 0.297 e. The predicted molar refractivity (Wildman–Crippen MR) is 88.3 cm³/mol. The van der Waals surface area contributed by atoms with Gasteiger partial charge in [-0.05, 0) is 64.0 Å². The van der Waals surface area contributed by atoms with E-state index in [0.29, 0.717) is 6.04 Å². The Morgan fingerprint density at radius 1 is 1.40 bits per heavy atom. The molecule has 4 heteroatoms. The van der Waals surface area contributed by atoms with Crippen molar-refractivity contribution in [3.05, 3.63) is 29.3 Å². The molecule has 0 saturated heterocycles. The number of nitriles is 1. The van der Waals surface area contributed by atoms with Crippen molar-refractivity contribution in [2.75, 3.05) is 5.75 Å². The molecule has 0 saturated carbocycles. The SMILES string of the molecule is CC(C)NC(C)(C#N)CCCCSc1cccc(Cl)c1. The van der Waals surface area contributed by atoms with Gasteiger partial charge in [-0.1, -0.05) is 17.7 Å². The Morgan fingerprint density at radius 3 is 2.75 bits per heavy atom. The average Bonchev–Trinajstić information content (AvgIpc) is 2.37. The summed E-state index contributed by atoms with van der Waals surface area (Å²) in [5.41, 5.74) is -0.408. The summed E-state index contributed by atoms with van der Waals surface area (Å²) in [5, 5.41) is 13.4. The minimum atomic E-state index is -0.408. The topological polar surface area (TPSA) is 35.8 Å². The zero-order chi connectivity index (χ0) is 15.0. The van der Waals surface area contributed by atoms with Crippen LogP contribution < -0.4 is 5.32 Å². The molecule has 1 atom stereocenters. The first kappa shape index (κ1) is 17.4. The van der Waals surface area contributed by atoms with Crippen LogP contribution in [0.15, 0.2) is 29.2 Å². The Kier molecular flexibility index (Phi) is 7.43. The smallest absolute Gasteiger partial charge is 0.104 e. The number of rotatable bonds is 8. The van der Waals surface area contributed by atoms with E-state index in [1.165, 1.54) is 4.90 Å². The molecule has 1 aromatic carbocycles. The van der Waals surface area contributed by atoms with E-state index >= 15 is 0 Å². The lowest BCUT2D eigenvalue weighted by atomic mass is 9.96. The van der Waals surface area contributed by atoms with Crippen LogP contribution in [-0.4, -0.2) is 17.3 Å². The van der Waals surface area contributed by atoms with Crippen LogP contribution in [0.3, 0.4) is 0 Å². The maximum absolute atomic E-state index is 9.27. The van der Waals surface area contributed by atoms with Crippen LogP contribution >= 0.6 is 23.4 Å². The summed E-state index contributed by atoms with van der Waals surface area (Å²) in [7, 11) is 0. The van der Waals surface area contributed by atoms with Gasteiger partial charge in [0, 0.05) is 16.0 Å². The molecule has 1 unspecified atom stereocenters. The molecular formula is C16H23ClN2S. The third-order valence-corrected chi connectivity index (χ3v) is 4.31. The van der Waals surface area contributed by atoms with Crippen molar-refractivity contribution in [3.8, 4) is 6.07 Å². The lowest BCUT2D eigenvalue weighted by Gasteiger charge is -2.25. The molecule has 0 spiro atoms. The molecule has 0 amide bonds. The molecule has 1 aromatic rings. The molecule has 110 valence electrons. The van der Waals surface area contributed by atoms with Gasteiger partial charge in [-0.2, -0.15) is 5.26 Å². The second-order valence-corrected chi connectivity index (χ2v) is 7.11. The Hall–Kier alpha value is -0.690. The molecule has 2 nitrogen and oxygen atoms in total. The van der Waals surface area contributed by atoms with Crippen molar-refractivity contribution >= 4 is 23.4 Å². The highest BCUT2D eigenvalue weighted by atomic mass is 35.5. The molecule has 0 fully saturated rings. The fraction of sp³-hybridized carbons (Fsp3) is 0.562. The summed E-state index contributed by atoms with van der Waals surface area (Å²) in [6, 6.07) is 10.7. The van der Waals surface area contributed by atoms with Gasteiger partial charge >= 0.3 is 0 Å². The van der Waals surface area contributed by atoms with Gasteiger partial charge in [0.25, 0.3) is 0 Å². The highest BCUT2D eigenvalue weighted by Gasteiger charge is 2.23. The minimum Gasteiger partial charge on any atom is -0.297 e. The normalized spacial score (nSPS) is 14.0. The van der Waals surface area contributed by atoms with Crippen molar-refractivity contribution in [2.45, 2.75) is 56.5 Å². The van der Waals surface area contributed by atoms with Crippen LogP contribution in [0.2, 0.25) is 5.02 Å². The van der Waals surface area contributed by atoms with Gasteiger partial charge in [-0.15, -0.1) is 11.8 Å². The summed E-state index contributed by atoms with van der Waals surface area (Å²) < 4.78 is 0. The maximum atomic E-state index is 9.27. The van der Waals surface area contributed by atoms with Gasteiger partial charge in [0.15, 0.2) is 0 Å². The van der Waals surface area contributed by atoms with E-state index in [1.54, 1.807) is 0 Å². The number of nitrogens with one attached hydrogen (secondary N) is 1. The first-order valence-electron chi connectivity index (χ1n) is 7.02. The number of hydrogen-bond acceptors (Lipinski definition) is 3. The quantitative estimate of drug-likeness (QED) is 0.549. The molecule has 1 rings (SSSR count). The summed E-state index contributed by atoms with van der Waals surface area (Å²) in [5.74, 6) is 1.06. The Balaban J connectivity index is 2.26. The summed E-state index contributed by atoms with van der Waals surface area (Å²) in [6.07, 6.45) is 3.04. The predicted octanol–water partition coefficient (Wildman–Crippen LogP) is 4.88. The van der Waals surface area contributed by atoms with Crippen molar-refractivity contribution in [3.63, 3.8) is 0 Å². The van der Waals surface area contributed by atoms with E-state index in [0.717, 1.165) is 30.0 Å². The van der Waals surface area contributed by atoms with E-state index in [-0.39, 0.29) is 0 Å². The molecule has 0 heterocycles. The van der Waals surface area contributed by atoms with Crippen LogP contribution in [0.4, 0.5) is 0 Å². The summed E-state index contributed by atoms with van der Waals surface area (Å²) >= 11 is 7.77. The van der Waals surface area contributed by atoms with Crippen LogP contribution in [0, 0.1) is 11.3 Å². The summed E-state index contributed by atoms with van der Waals surface area (Å²) in [6.45, 7) is 6.13. The molecule has 0 aliphatic rings. The Labute approximate surface area is 131 Å². The van der Waals surface area contributed by atoms with E-state index in [1.807, 2.05) is 36.9 Å². The number of halogens is 1.